The minimum atomic E-state index is -2.86. The molecule has 42 heavy (non-hydrogen) atoms. The molecule has 0 aliphatic rings. The van der Waals surface area contributed by atoms with E-state index in [2.05, 4.69) is 13.8 Å². The van der Waals surface area contributed by atoms with E-state index in [1.165, 1.54) is 77.0 Å². The number of unbranched alkanes of at least 4 members (excludes halogenated alkanes) is 13. The third-order valence-corrected chi connectivity index (χ3v) is 10.2. The molecule has 0 fully saturated rings. The summed E-state index contributed by atoms with van der Waals surface area (Å²) in [5, 5.41) is 11.4. The van der Waals surface area contributed by atoms with E-state index >= 15 is 0 Å². The highest BCUT2D eigenvalue weighted by molar-refractivity contribution is 7.99. The standard InChI is InChI=1S/C34H60O6PS/c1-5-8-10-12-13-14-15-16-18-23-28-42-32(26-22-17-11-9-6-2)30(4)40-34(36,41(37)39-27-7-3)33(35)38-29-31-24-20-19-21-25-31/h19-21,24-25,30,32,36H,5-18,22-23,26-29H2,1-4H3/q+1. The van der Waals surface area contributed by atoms with Crippen molar-refractivity contribution in [3.8, 4) is 0 Å². The van der Waals surface area contributed by atoms with E-state index in [-0.39, 0.29) is 18.5 Å². The van der Waals surface area contributed by atoms with Crippen molar-refractivity contribution in [1.29, 1.82) is 0 Å². The molecule has 0 bridgehead atoms. The van der Waals surface area contributed by atoms with Crippen LogP contribution in [0.15, 0.2) is 30.3 Å². The average molecular weight is 628 g/mol. The van der Waals surface area contributed by atoms with Crippen molar-refractivity contribution in [3.05, 3.63) is 35.9 Å². The van der Waals surface area contributed by atoms with Crippen molar-refractivity contribution < 1.29 is 28.5 Å². The second-order valence-electron chi connectivity index (χ2n) is 11.4. The van der Waals surface area contributed by atoms with Gasteiger partial charge in [-0.2, -0.15) is 11.8 Å². The van der Waals surface area contributed by atoms with Gasteiger partial charge in [-0.1, -0.05) is 141 Å². The second kappa shape index (κ2) is 25.4. The normalized spacial score (nSPS) is 14.7. The number of hydrogen-bond acceptors (Lipinski definition) is 7. The summed E-state index contributed by atoms with van der Waals surface area (Å²) in [6.45, 7) is 8.30. The largest absolute Gasteiger partial charge is 0.589 e. The van der Waals surface area contributed by atoms with Crippen LogP contribution in [0.5, 0.6) is 0 Å². The summed E-state index contributed by atoms with van der Waals surface area (Å²) in [7, 11) is -2.86. The van der Waals surface area contributed by atoms with Crippen LogP contribution in [-0.2, 0) is 30.0 Å². The van der Waals surface area contributed by atoms with Crippen molar-refractivity contribution in [1.82, 2.24) is 0 Å². The first-order valence-electron chi connectivity index (χ1n) is 16.7. The number of esters is 1. The highest BCUT2D eigenvalue weighted by Crippen LogP contribution is 2.43. The molecule has 1 aromatic rings. The van der Waals surface area contributed by atoms with E-state index in [0.29, 0.717) is 6.42 Å². The van der Waals surface area contributed by atoms with Crippen LogP contribution in [0.25, 0.3) is 0 Å². The van der Waals surface area contributed by atoms with Crippen LogP contribution >= 0.6 is 19.8 Å². The zero-order valence-corrected chi connectivity index (χ0v) is 28.7. The number of benzene rings is 1. The molecule has 0 aliphatic carbocycles. The zero-order valence-electron chi connectivity index (χ0n) is 27.0. The molecule has 0 saturated carbocycles. The van der Waals surface area contributed by atoms with Gasteiger partial charge in [0.25, 0.3) is 0 Å². The molecule has 4 atom stereocenters. The van der Waals surface area contributed by atoms with Crippen LogP contribution in [0.1, 0.15) is 142 Å². The van der Waals surface area contributed by atoms with Gasteiger partial charge in [0, 0.05) is 5.25 Å². The van der Waals surface area contributed by atoms with E-state index in [1.54, 1.807) is 0 Å². The van der Waals surface area contributed by atoms with Crippen LogP contribution in [0, 0.1) is 0 Å². The number of rotatable bonds is 28. The van der Waals surface area contributed by atoms with Gasteiger partial charge in [-0.25, -0.2) is 4.79 Å². The Balaban J connectivity index is 2.74. The van der Waals surface area contributed by atoms with Gasteiger partial charge in [0.2, 0.25) is 0 Å². The van der Waals surface area contributed by atoms with E-state index in [1.807, 2.05) is 55.9 Å². The van der Waals surface area contributed by atoms with Gasteiger partial charge in [-0.15, -0.1) is 4.52 Å². The van der Waals surface area contributed by atoms with Crippen molar-refractivity contribution in [2.75, 3.05) is 12.4 Å². The Bertz CT molecular complexity index is 810. The minimum Gasteiger partial charge on any atom is -0.453 e. The Morgan fingerprint density at radius 1 is 0.833 bits per heavy atom. The third kappa shape index (κ3) is 17.3. The molecule has 6 nitrogen and oxygen atoms in total. The van der Waals surface area contributed by atoms with Gasteiger partial charge in [0.1, 0.15) is 13.2 Å². The van der Waals surface area contributed by atoms with Gasteiger partial charge in [-0.3, -0.25) is 4.74 Å². The smallest absolute Gasteiger partial charge is 0.453 e. The fraction of sp³-hybridized carbons (Fsp3) is 0.794. The first kappa shape index (κ1) is 39.0. The fourth-order valence-electron chi connectivity index (χ4n) is 4.81. The molecular weight excluding hydrogens is 567 g/mol. The van der Waals surface area contributed by atoms with Gasteiger partial charge in [0.05, 0.1) is 6.10 Å². The lowest BCUT2D eigenvalue weighted by Gasteiger charge is -2.27. The Kier molecular flexibility index (Phi) is 23.6. The zero-order chi connectivity index (χ0) is 30.9. The molecule has 4 unspecified atom stereocenters. The van der Waals surface area contributed by atoms with Gasteiger partial charge < -0.3 is 9.84 Å². The quantitative estimate of drug-likeness (QED) is 0.0428. The monoisotopic (exact) mass is 627 g/mol. The molecule has 0 amide bonds. The molecule has 1 aromatic carbocycles. The molecule has 0 radical (unpaired) electrons. The Hall–Kier alpha value is -0.980. The average Bonchev–Trinajstić information content (AvgIpc) is 3.00. The number of carbonyl (C=O) groups excluding carboxylic acids is 1. The number of hydrogen-bond donors (Lipinski definition) is 1. The summed E-state index contributed by atoms with van der Waals surface area (Å²) in [6.07, 6.45) is 19.8. The summed E-state index contributed by atoms with van der Waals surface area (Å²) < 4.78 is 29.8. The lowest BCUT2D eigenvalue weighted by atomic mass is 10.1. The number of thioether (sulfide) groups is 1. The van der Waals surface area contributed by atoms with E-state index in [4.69, 9.17) is 14.0 Å². The molecule has 0 heterocycles. The third-order valence-electron chi connectivity index (χ3n) is 7.43. The van der Waals surface area contributed by atoms with Crippen LogP contribution in [0.2, 0.25) is 0 Å². The van der Waals surface area contributed by atoms with Crippen molar-refractivity contribution in [2.45, 2.75) is 160 Å². The second-order valence-corrected chi connectivity index (χ2v) is 14.1. The number of ether oxygens (including phenoxy) is 2. The van der Waals surface area contributed by atoms with Crippen LogP contribution in [0.3, 0.4) is 0 Å². The predicted molar refractivity (Wildman–Crippen MR) is 177 cm³/mol. The minimum absolute atomic E-state index is 0.0506. The van der Waals surface area contributed by atoms with Crippen LogP contribution < -0.4 is 0 Å². The van der Waals surface area contributed by atoms with Crippen molar-refractivity contribution in [2.24, 2.45) is 0 Å². The van der Waals surface area contributed by atoms with E-state index in [0.717, 1.165) is 37.0 Å². The molecule has 1 rings (SSSR count). The molecule has 0 aliphatic heterocycles. The molecular formula is C34H60O6PS+. The predicted octanol–water partition coefficient (Wildman–Crippen LogP) is 10.3. The lowest BCUT2D eigenvalue weighted by Crippen LogP contribution is -2.44. The molecule has 1 N–H and O–H groups in total. The highest BCUT2D eigenvalue weighted by Gasteiger charge is 2.62. The fourth-order valence-corrected chi connectivity index (χ4v) is 7.13. The summed E-state index contributed by atoms with van der Waals surface area (Å²) in [6, 6.07) is 9.20. The Morgan fingerprint density at radius 2 is 1.38 bits per heavy atom. The first-order valence-corrected chi connectivity index (χ1v) is 18.9. The van der Waals surface area contributed by atoms with Gasteiger partial charge in [-0.05, 0) is 42.1 Å². The number of carbonyl (C=O) groups is 1. The molecule has 0 spiro atoms. The summed E-state index contributed by atoms with van der Waals surface area (Å²) >= 11 is 1.84. The van der Waals surface area contributed by atoms with Gasteiger partial charge in [0.15, 0.2) is 0 Å². The molecule has 0 saturated heterocycles. The maximum atomic E-state index is 13.1. The summed E-state index contributed by atoms with van der Waals surface area (Å²) in [5.74, 6) is -0.0732. The summed E-state index contributed by atoms with van der Waals surface area (Å²) in [4.78, 5) is 13.1. The Labute approximate surface area is 262 Å². The topological polar surface area (TPSA) is 82.1 Å². The van der Waals surface area contributed by atoms with E-state index < -0.39 is 25.6 Å². The SMILES string of the molecule is CCCCCCCCCCCCSC(CCCCCCC)C(C)OC(O)(C(=O)OCc1ccccc1)[P+](=O)OCCC. The van der Waals surface area contributed by atoms with E-state index in [9.17, 15) is 14.5 Å². The lowest BCUT2D eigenvalue weighted by molar-refractivity contribution is -0.210. The summed E-state index contributed by atoms with van der Waals surface area (Å²) in [5.41, 5.74) is -1.89. The maximum absolute atomic E-state index is 13.1. The Morgan fingerprint density at radius 3 is 1.95 bits per heavy atom. The molecule has 8 heteroatoms. The first-order chi connectivity index (χ1) is 20.4. The van der Waals surface area contributed by atoms with Crippen molar-refractivity contribution >= 4 is 25.8 Å². The maximum Gasteiger partial charge on any atom is 0.589 e. The van der Waals surface area contributed by atoms with Crippen LogP contribution in [0.4, 0.5) is 0 Å². The van der Waals surface area contributed by atoms with Crippen molar-refractivity contribution in [3.63, 3.8) is 0 Å². The van der Waals surface area contributed by atoms with Gasteiger partial charge >= 0.3 is 19.5 Å². The molecule has 242 valence electrons. The molecule has 0 aromatic heterocycles. The highest BCUT2D eigenvalue weighted by atomic mass is 32.2. The number of aliphatic hydroxyl groups is 1. The van der Waals surface area contributed by atoms with Crippen LogP contribution in [-0.4, -0.2) is 40.3 Å².